The van der Waals surface area contributed by atoms with Gasteiger partial charge in [0.05, 0.1) is 12.9 Å². The molecule has 0 saturated heterocycles. The zero-order chi connectivity index (χ0) is 15.0. The zero-order valence-electron chi connectivity index (χ0n) is 11.1. The highest BCUT2D eigenvalue weighted by Crippen LogP contribution is 2.22. The number of Topliss-reactive ketones (excluding diaryl/α,β-unsaturated/α-hetero) is 1. The molecule has 0 aliphatic rings. The maximum atomic E-state index is 11.8. The quantitative estimate of drug-likeness (QED) is 0.428. The number of methoxy groups -OCH3 is 1. The number of phenolic OH excluding ortho intramolecular Hbond substituents is 1. The van der Waals surface area contributed by atoms with Crippen LogP contribution < -0.4 is 5.73 Å². The molecule has 0 heterocycles. The van der Waals surface area contributed by atoms with Gasteiger partial charge in [-0.3, -0.25) is 4.79 Å². The Balaban J connectivity index is 2.59. The highest BCUT2D eigenvalue weighted by molar-refractivity contribution is 8.76. The molecule has 1 rings (SSSR count). The Labute approximate surface area is 125 Å². The van der Waals surface area contributed by atoms with Crippen LogP contribution in [-0.2, 0) is 16.0 Å². The second kappa shape index (κ2) is 8.89. The van der Waals surface area contributed by atoms with Crippen molar-refractivity contribution in [3.05, 3.63) is 29.3 Å². The lowest BCUT2D eigenvalue weighted by Crippen LogP contribution is -2.08. The van der Waals surface area contributed by atoms with Crippen LogP contribution in [0.2, 0.25) is 0 Å². The summed E-state index contributed by atoms with van der Waals surface area (Å²) in [5, 5.41) is 9.57. The summed E-state index contributed by atoms with van der Waals surface area (Å²) in [5.41, 5.74) is 6.11. The van der Waals surface area contributed by atoms with Crippen LogP contribution in [0.5, 0.6) is 5.75 Å². The summed E-state index contributed by atoms with van der Waals surface area (Å²) in [6, 6.07) is 4.50. The van der Waals surface area contributed by atoms with Gasteiger partial charge in [0.25, 0.3) is 0 Å². The predicted molar refractivity (Wildman–Crippen MR) is 82.1 cm³/mol. The minimum Gasteiger partial charge on any atom is -0.507 e. The molecule has 7 heteroatoms. The molecular weight excluding hydrogens is 298 g/mol. The van der Waals surface area contributed by atoms with E-state index in [4.69, 9.17) is 5.73 Å². The van der Waals surface area contributed by atoms with E-state index in [1.54, 1.807) is 16.9 Å². The molecule has 20 heavy (non-hydrogen) atoms. The molecule has 0 fully saturated rings. The van der Waals surface area contributed by atoms with Crippen LogP contribution in [0.25, 0.3) is 0 Å². The van der Waals surface area contributed by atoms with E-state index in [2.05, 4.69) is 4.74 Å². The van der Waals surface area contributed by atoms with Crippen molar-refractivity contribution in [3.8, 4) is 5.75 Å². The van der Waals surface area contributed by atoms with E-state index in [0.29, 0.717) is 17.9 Å². The van der Waals surface area contributed by atoms with Crippen LogP contribution in [0.1, 0.15) is 15.9 Å². The van der Waals surface area contributed by atoms with Crippen molar-refractivity contribution in [1.29, 1.82) is 0 Å². The summed E-state index contributed by atoms with van der Waals surface area (Å²) in [5.74, 6) is 0.481. The molecule has 5 nitrogen and oxygen atoms in total. The number of ketones is 1. The van der Waals surface area contributed by atoms with E-state index in [0.717, 1.165) is 5.75 Å². The summed E-state index contributed by atoms with van der Waals surface area (Å²) in [7, 11) is 4.27. The molecule has 0 aromatic heterocycles. The number of hydrogen-bond donors (Lipinski definition) is 2. The molecule has 1 aromatic carbocycles. The van der Waals surface area contributed by atoms with Crippen molar-refractivity contribution in [3.63, 3.8) is 0 Å². The number of esters is 1. The summed E-state index contributed by atoms with van der Waals surface area (Å²) >= 11 is 0. The van der Waals surface area contributed by atoms with E-state index >= 15 is 0 Å². The lowest BCUT2D eigenvalue weighted by Gasteiger charge is -2.06. The van der Waals surface area contributed by atoms with Crippen LogP contribution in [0.15, 0.2) is 18.2 Å². The first-order valence-corrected chi connectivity index (χ1v) is 8.43. The summed E-state index contributed by atoms with van der Waals surface area (Å²) in [6.07, 6.45) is 0.223. The standard InChI is InChI=1S/C13H17NO4S2/c1-18-13(17)11-7-9(2-3-12(11)16)6-10(15)8-20-19-5-4-14/h2-3,7,16H,4-6,8,14H2,1H3. The number of nitrogens with two attached hydrogens (primary N) is 1. The summed E-state index contributed by atoms with van der Waals surface area (Å²) in [6.45, 7) is 0.590. The number of rotatable bonds is 8. The molecule has 0 spiro atoms. The summed E-state index contributed by atoms with van der Waals surface area (Å²) in [4.78, 5) is 23.2. The van der Waals surface area contributed by atoms with Crippen molar-refractivity contribution in [2.24, 2.45) is 5.73 Å². The minimum atomic E-state index is -0.621. The van der Waals surface area contributed by atoms with Crippen molar-refractivity contribution < 1.29 is 19.4 Å². The highest BCUT2D eigenvalue weighted by Gasteiger charge is 2.13. The molecule has 3 N–H and O–H groups in total. The van der Waals surface area contributed by atoms with Gasteiger partial charge >= 0.3 is 5.97 Å². The fourth-order valence-electron chi connectivity index (χ4n) is 1.46. The van der Waals surface area contributed by atoms with Gasteiger partial charge in [-0.2, -0.15) is 0 Å². The van der Waals surface area contributed by atoms with Crippen LogP contribution in [0, 0.1) is 0 Å². The van der Waals surface area contributed by atoms with Gasteiger partial charge in [0, 0.05) is 18.7 Å². The molecular formula is C13H17NO4S2. The van der Waals surface area contributed by atoms with Crippen molar-refractivity contribution in [1.82, 2.24) is 0 Å². The van der Waals surface area contributed by atoms with Crippen molar-refractivity contribution in [2.75, 3.05) is 25.2 Å². The second-order valence-electron chi connectivity index (χ2n) is 3.93. The third kappa shape index (κ3) is 5.44. The van der Waals surface area contributed by atoms with Gasteiger partial charge < -0.3 is 15.6 Å². The number of carbonyl (C=O) groups is 2. The molecule has 0 radical (unpaired) electrons. The number of aromatic hydroxyl groups is 1. The summed E-state index contributed by atoms with van der Waals surface area (Å²) < 4.78 is 4.57. The maximum absolute atomic E-state index is 11.8. The van der Waals surface area contributed by atoms with Gasteiger partial charge in [-0.05, 0) is 17.7 Å². The number of benzene rings is 1. The zero-order valence-corrected chi connectivity index (χ0v) is 12.8. The second-order valence-corrected chi connectivity index (χ2v) is 6.51. The fraction of sp³-hybridized carbons (Fsp3) is 0.385. The van der Waals surface area contributed by atoms with Gasteiger partial charge in [-0.15, -0.1) is 0 Å². The molecule has 0 bridgehead atoms. The van der Waals surface area contributed by atoms with Crippen LogP contribution in [0.3, 0.4) is 0 Å². The van der Waals surface area contributed by atoms with Gasteiger partial charge in [-0.1, -0.05) is 27.7 Å². The SMILES string of the molecule is COC(=O)c1cc(CC(=O)CSSCCN)ccc1O. The van der Waals surface area contributed by atoms with Crippen molar-refractivity contribution >= 4 is 33.3 Å². The average molecular weight is 315 g/mol. The number of ether oxygens (including phenoxy) is 1. The first-order chi connectivity index (χ1) is 9.58. The molecule has 0 unspecified atom stereocenters. The first-order valence-electron chi connectivity index (χ1n) is 5.95. The predicted octanol–water partition coefficient (Wildman–Crippen LogP) is 1.63. The normalized spacial score (nSPS) is 10.3. The Morgan fingerprint density at radius 2 is 2.10 bits per heavy atom. The topological polar surface area (TPSA) is 89.6 Å². The molecule has 110 valence electrons. The Kier molecular flexibility index (Phi) is 7.50. The molecule has 0 atom stereocenters. The Morgan fingerprint density at radius 1 is 1.35 bits per heavy atom. The molecule has 1 aromatic rings. The average Bonchev–Trinajstić information content (AvgIpc) is 2.45. The van der Waals surface area contributed by atoms with E-state index in [-0.39, 0.29) is 23.5 Å². The number of carbonyl (C=O) groups excluding carboxylic acids is 2. The van der Waals surface area contributed by atoms with Gasteiger partial charge in [0.15, 0.2) is 0 Å². The highest BCUT2D eigenvalue weighted by atomic mass is 33.1. The van der Waals surface area contributed by atoms with Crippen LogP contribution in [-0.4, -0.2) is 42.0 Å². The monoisotopic (exact) mass is 315 g/mol. The van der Waals surface area contributed by atoms with E-state index < -0.39 is 5.97 Å². The Hall–Kier alpha value is -1.18. The van der Waals surface area contributed by atoms with E-state index in [1.165, 1.54) is 30.0 Å². The third-order valence-electron chi connectivity index (χ3n) is 2.37. The third-order valence-corrected chi connectivity index (χ3v) is 4.73. The number of hydrogen-bond acceptors (Lipinski definition) is 7. The largest absolute Gasteiger partial charge is 0.507 e. The maximum Gasteiger partial charge on any atom is 0.341 e. The Morgan fingerprint density at radius 3 is 2.75 bits per heavy atom. The van der Waals surface area contributed by atoms with E-state index in [9.17, 15) is 14.7 Å². The molecule has 0 amide bonds. The fourth-order valence-corrected chi connectivity index (χ4v) is 3.28. The van der Waals surface area contributed by atoms with Crippen LogP contribution >= 0.6 is 21.6 Å². The Bertz CT molecular complexity index is 479. The molecule has 0 aliphatic carbocycles. The van der Waals surface area contributed by atoms with Crippen LogP contribution in [0.4, 0.5) is 0 Å². The smallest absolute Gasteiger partial charge is 0.341 e. The minimum absolute atomic E-state index is 0.0565. The van der Waals surface area contributed by atoms with Gasteiger partial charge in [-0.25, -0.2) is 4.79 Å². The molecule has 0 saturated carbocycles. The lowest BCUT2D eigenvalue weighted by atomic mass is 10.1. The number of phenols is 1. The first kappa shape index (κ1) is 16.9. The van der Waals surface area contributed by atoms with Gasteiger partial charge in [0.2, 0.25) is 0 Å². The van der Waals surface area contributed by atoms with E-state index in [1.807, 2.05) is 0 Å². The molecule has 0 aliphatic heterocycles. The lowest BCUT2D eigenvalue weighted by molar-refractivity contribution is -0.115. The van der Waals surface area contributed by atoms with Gasteiger partial charge in [0.1, 0.15) is 17.1 Å². The van der Waals surface area contributed by atoms with Crippen molar-refractivity contribution in [2.45, 2.75) is 6.42 Å².